The molecule has 0 fully saturated rings. The van der Waals surface area contributed by atoms with Crippen molar-refractivity contribution < 1.29 is 9.90 Å². The monoisotopic (exact) mass is 327 g/mol. The molecule has 0 spiro atoms. The van der Waals surface area contributed by atoms with Gasteiger partial charge in [0.2, 0.25) is 0 Å². The molecule has 0 aromatic heterocycles. The first-order valence-corrected chi connectivity index (χ1v) is 9.85. The summed E-state index contributed by atoms with van der Waals surface area (Å²) in [6, 6.07) is 10.1. The molecule has 0 unspecified atom stereocenters. The number of carbonyl (C=O) groups is 1. The predicted molar refractivity (Wildman–Crippen MR) is 94.3 cm³/mol. The Bertz CT molecular complexity index is 387. The van der Waals surface area contributed by atoms with E-state index in [-0.39, 0.29) is 0 Å². The van der Waals surface area contributed by atoms with Gasteiger partial charge in [-0.25, -0.2) is 0 Å². The van der Waals surface area contributed by atoms with Crippen LogP contribution < -0.4 is 5.32 Å². The normalized spacial score (nSPS) is 12.2. The van der Waals surface area contributed by atoms with Crippen LogP contribution in [0.2, 0.25) is 0 Å². The van der Waals surface area contributed by atoms with Crippen molar-refractivity contribution in [2.75, 3.05) is 24.3 Å². The molecule has 0 saturated heterocycles. The summed E-state index contributed by atoms with van der Waals surface area (Å²) in [4.78, 5) is 11.1. The van der Waals surface area contributed by atoms with Crippen LogP contribution in [0.15, 0.2) is 30.3 Å². The number of thioether (sulfide) groups is 2. The fourth-order valence-electron chi connectivity index (χ4n) is 1.92. The van der Waals surface area contributed by atoms with Crippen molar-refractivity contribution in [3.05, 3.63) is 35.9 Å². The van der Waals surface area contributed by atoms with Crippen molar-refractivity contribution in [3.63, 3.8) is 0 Å². The number of aliphatic carboxylic acids is 1. The molecule has 0 aliphatic heterocycles. The SMILES string of the molecule is CSCC[C@H](NCCCCSCc1ccccc1)C(=O)O. The Morgan fingerprint density at radius 2 is 2.00 bits per heavy atom. The molecule has 1 atom stereocenters. The van der Waals surface area contributed by atoms with E-state index in [2.05, 4.69) is 29.6 Å². The summed E-state index contributed by atoms with van der Waals surface area (Å²) in [7, 11) is 0. The van der Waals surface area contributed by atoms with Gasteiger partial charge in [-0.15, -0.1) is 0 Å². The number of benzene rings is 1. The van der Waals surface area contributed by atoms with E-state index in [0.29, 0.717) is 6.42 Å². The summed E-state index contributed by atoms with van der Waals surface area (Å²) < 4.78 is 0. The summed E-state index contributed by atoms with van der Waals surface area (Å²) >= 11 is 3.63. The Kier molecular flexibility index (Phi) is 10.5. The van der Waals surface area contributed by atoms with Crippen LogP contribution in [0.5, 0.6) is 0 Å². The molecule has 0 saturated carbocycles. The number of hydrogen-bond acceptors (Lipinski definition) is 4. The molecule has 3 nitrogen and oxygen atoms in total. The highest BCUT2D eigenvalue weighted by atomic mass is 32.2. The third-order valence-electron chi connectivity index (χ3n) is 3.13. The van der Waals surface area contributed by atoms with E-state index in [1.807, 2.05) is 24.1 Å². The zero-order valence-corrected chi connectivity index (χ0v) is 14.2. The van der Waals surface area contributed by atoms with Gasteiger partial charge >= 0.3 is 5.97 Å². The molecule has 2 N–H and O–H groups in total. The van der Waals surface area contributed by atoms with Crippen LogP contribution in [-0.4, -0.2) is 41.4 Å². The van der Waals surface area contributed by atoms with Gasteiger partial charge in [-0.2, -0.15) is 23.5 Å². The summed E-state index contributed by atoms with van der Waals surface area (Å²) in [5.41, 5.74) is 1.36. The van der Waals surface area contributed by atoms with Gasteiger partial charge in [0, 0.05) is 5.75 Å². The predicted octanol–water partition coefficient (Wildman–Crippen LogP) is 3.50. The third-order valence-corrected chi connectivity index (χ3v) is 4.89. The second kappa shape index (κ2) is 12.0. The van der Waals surface area contributed by atoms with E-state index in [4.69, 9.17) is 5.11 Å². The number of hydrogen-bond donors (Lipinski definition) is 2. The zero-order chi connectivity index (χ0) is 15.3. The fourth-order valence-corrected chi connectivity index (χ4v) is 3.37. The van der Waals surface area contributed by atoms with E-state index in [0.717, 1.165) is 36.6 Å². The van der Waals surface area contributed by atoms with Gasteiger partial charge in [0.25, 0.3) is 0 Å². The Balaban J connectivity index is 2.01. The van der Waals surface area contributed by atoms with Gasteiger partial charge in [-0.1, -0.05) is 30.3 Å². The quantitative estimate of drug-likeness (QED) is 0.576. The van der Waals surface area contributed by atoms with Crippen molar-refractivity contribution in [2.45, 2.75) is 31.1 Å². The number of carboxylic acids is 1. The second-order valence-corrected chi connectivity index (χ2v) is 6.96. The highest BCUT2D eigenvalue weighted by Gasteiger charge is 2.15. The first kappa shape index (κ1) is 18.4. The average Bonchev–Trinajstić information content (AvgIpc) is 2.50. The molecule has 1 aromatic rings. The molecular weight excluding hydrogens is 302 g/mol. The third kappa shape index (κ3) is 9.06. The van der Waals surface area contributed by atoms with Crippen LogP contribution in [0.25, 0.3) is 0 Å². The molecule has 0 aliphatic carbocycles. The molecule has 1 rings (SSSR count). The molecule has 118 valence electrons. The van der Waals surface area contributed by atoms with Gasteiger partial charge in [-0.3, -0.25) is 4.79 Å². The lowest BCUT2D eigenvalue weighted by Crippen LogP contribution is -2.37. The largest absolute Gasteiger partial charge is 0.480 e. The summed E-state index contributed by atoms with van der Waals surface area (Å²) in [5.74, 6) is 2.33. The number of nitrogens with one attached hydrogen (secondary N) is 1. The maximum atomic E-state index is 11.1. The molecular formula is C16H25NO2S2. The topological polar surface area (TPSA) is 49.3 Å². The highest BCUT2D eigenvalue weighted by molar-refractivity contribution is 7.98. The Morgan fingerprint density at radius 3 is 2.67 bits per heavy atom. The van der Waals surface area contributed by atoms with Gasteiger partial charge in [0.1, 0.15) is 6.04 Å². The number of carboxylic acid groups (broad SMARTS) is 1. The van der Waals surface area contributed by atoms with Crippen LogP contribution in [0, 0.1) is 0 Å². The minimum atomic E-state index is -0.734. The van der Waals surface area contributed by atoms with Gasteiger partial charge < -0.3 is 10.4 Å². The lowest BCUT2D eigenvalue weighted by Gasteiger charge is -2.13. The fraction of sp³-hybridized carbons (Fsp3) is 0.562. The van der Waals surface area contributed by atoms with E-state index in [9.17, 15) is 4.79 Å². The summed E-state index contributed by atoms with van der Waals surface area (Å²) in [6.07, 6.45) is 4.85. The highest BCUT2D eigenvalue weighted by Crippen LogP contribution is 2.13. The van der Waals surface area contributed by atoms with Gasteiger partial charge in [0.05, 0.1) is 0 Å². The molecule has 21 heavy (non-hydrogen) atoms. The first-order valence-electron chi connectivity index (χ1n) is 7.31. The minimum Gasteiger partial charge on any atom is -0.480 e. The first-order chi connectivity index (χ1) is 10.2. The van der Waals surface area contributed by atoms with Crippen molar-refractivity contribution in [3.8, 4) is 0 Å². The maximum absolute atomic E-state index is 11.1. The van der Waals surface area contributed by atoms with E-state index < -0.39 is 12.0 Å². The lowest BCUT2D eigenvalue weighted by molar-refractivity contribution is -0.139. The van der Waals surface area contributed by atoms with Crippen LogP contribution in [-0.2, 0) is 10.5 Å². The lowest BCUT2D eigenvalue weighted by atomic mass is 10.2. The standard InChI is InChI=1S/C16H25NO2S2/c1-20-12-9-15(16(18)19)17-10-5-6-11-21-13-14-7-3-2-4-8-14/h2-4,7-8,15,17H,5-6,9-13H2,1H3,(H,18,19)/t15-/m0/s1. The van der Waals surface area contributed by atoms with Crippen molar-refractivity contribution >= 4 is 29.5 Å². The Hall–Kier alpha value is -0.650. The molecule has 0 radical (unpaired) electrons. The van der Waals surface area contributed by atoms with Crippen molar-refractivity contribution in [1.82, 2.24) is 5.32 Å². The zero-order valence-electron chi connectivity index (χ0n) is 12.6. The van der Waals surface area contributed by atoms with Crippen LogP contribution in [0.3, 0.4) is 0 Å². The van der Waals surface area contributed by atoms with Crippen LogP contribution >= 0.6 is 23.5 Å². The second-order valence-electron chi connectivity index (χ2n) is 4.87. The molecule has 0 heterocycles. The van der Waals surface area contributed by atoms with E-state index >= 15 is 0 Å². The van der Waals surface area contributed by atoms with Crippen LogP contribution in [0.1, 0.15) is 24.8 Å². The van der Waals surface area contributed by atoms with Gasteiger partial charge in [0.15, 0.2) is 0 Å². The number of unbranched alkanes of at least 4 members (excludes halogenated alkanes) is 1. The van der Waals surface area contributed by atoms with Crippen molar-refractivity contribution in [2.24, 2.45) is 0 Å². The Labute approximate surface area is 136 Å². The Morgan fingerprint density at radius 1 is 1.24 bits per heavy atom. The van der Waals surface area contributed by atoms with Crippen molar-refractivity contribution in [1.29, 1.82) is 0 Å². The van der Waals surface area contributed by atoms with Crippen LogP contribution in [0.4, 0.5) is 0 Å². The minimum absolute atomic E-state index is 0.394. The van der Waals surface area contributed by atoms with Gasteiger partial charge in [-0.05, 0) is 49.1 Å². The molecule has 1 aromatic carbocycles. The van der Waals surface area contributed by atoms with E-state index in [1.165, 1.54) is 5.56 Å². The maximum Gasteiger partial charge on any atom is 0.320 e. The molecule has 5 heteroatoms. The summed E-state index contributed by atoms with van der Waals surface area (Å²) in [6.45, 7) is 0.789. The molecule has 0 bridgehead atoms. The molecule has 0 amide bonds. The van der Waals surface area contributed by atoms with E-state index in [1.54, 1.807) is 11.8 Å². The summed E-state index contributed by atoms with van der Waals surface area (Å²) in [5, 5.41) is 12.2. The molecule has 0 aliphatic rings. The average molecular weight is 328 g/mol. The number of rotatable bonds is 12. The smallest absolute Gasteiger partial charge is 0.320 e.